The molecule has 0 radical (unpaired) electrons. The second kappa shape index (κ2) is 4.99. The zero-order valence-electron chi connectivity index (χ0n) is 10.9. The van der Waals surface area contributed by atoms with Crippen LogP contribution in [0.3, 0.4) is 0 Å². The van der Waals surface area contributed by atoms with Gasteiger partial charge in [-0.3, -0.25) is 4.68 Å². The van der Waals surface area contributed by atoms with E-state index in [2.05, 4.69) is 5.10 Å². The first kappa shape index (κ1) is 13.5. The monoisotopic (exact) mass is 273 g/mol. The molecule has 18 heavy (non-hydrogen) atoms. The largest absolute Gasteiger partial charge is 0.373 e. The van der Waals surface area contributed by atoms with E-state index in [4.69, 9.17) is 4.74 Å². The molecule has 1 aromatic heterocycles. The summed E-state index contributed by atoms with van der Waals surface area (Å²) in [6, 6.07) is 0. The van der Waals surface area contributed by atoms with Gasteiger partial charge in [0, 0.05) is 25.8 Å². The summed E-state index contributed by atoms with van der Waals surface area (Å²) in [7, 11) is -3.45. The third-order valence-corrected chi connectivity index (χ3v) is 4.74. The lowest BCUT2D eigenvalue weighted by atomic mass is 10.3. The van der Waals surface area contributed by atoms with E-state index in [9.17, 15) is 8.42 Å². The van der Waals surface area contributed by atoms with Crippen LogP contribution in [0.4, 0.5) is 0 Å². The van der Waals surface area contributed by atoms with Crippen LogP contribution in [0.2, 0.25) is 0 Å². The van der Waals surface area contributed by atoms with Gasteiger partial charge in [0.1, 0.15) is 4.90 Å². The zero-order valence-corrected chi connectivity index (χ0v) is 11.7. The van der Waals surface area contributed by atoms with E-state index in [-0.39, 0.29) is 17.1 Å². The van der Waals surface area contributed by atoms with Crippen molar-refractivity contribution in [2.45, 2.75) is 44.4 Å². The summed E-state index contributed by atoms with van der Waals surface area (Å²) in [5, 5.41) is 4.01. The van der Waals surface area contributed by atoms with Crippen molar-refractivity contribution in [3.05, 3.63) is 12.4 Å². The van der Waals surface area contributed by atoms with Crippen LogP contribution in [0.15, 0.2) is 17.3 Å². The minimum atomic E-state index is -3.45. The van der Waals surface area contributed by atoms with Crippen LogP contribution in [-0.2, 0) is 21.3 Å². The first-order valence-electron chi connectivity index (χ1n) is 6.11. The Bertz CT molecular complexity index is 501. The molecule has 0 bridgehead atoms. The summed E-state index contributed by atoms with van der Waals surface area (Å²) >= 11 is 0. The van der Waals surface area contributed by atoms with Crippen molar-refractivity contribution in [2.24, 2.45) is 0 Å². The molecule has 0 aromatic carbocycles. The van der Waals surface area contributed by atoms with Crippen LogP contribution in [0, 0.1) is 0 Å². The van der Waals surface area contributed by atoms with Gasteiger partial charge < -0.3 is 4.74 Å². The van der Waals surface area contributed by atoms with Gasteiger partial charge in [-0.05, 0) is 20.8 Å². The van der Waals surface area contributed by atoms with E-state index < -0.39 is 10.0 Å². The Morgan fingerprint density at radius 2 is 2.00 bits per heavy atom. The number of rotatable bonds is 3. The number of sulfonamides is 1. The minimum Gasteiger partial charge on any atom is -0.373 e. The molecule has 1 fully saturated rings. The van der Waals surface area contributed by atoms with Crippen molar-refractivity contribution in [2.75, 3.05) is 13.1 Å². The predicted octanol–water partition coefficient (Wildman–Crippen LogP) is 0.701. The Labute approximate surface area is 108 Å². The maximum atomic E-state index is 12.4. The van der Waals surface area contributed by atoms with E-state index in [0.717, 1.165) is 0 Å². The van der Waals surface area contributed by atoms with Crippen LogP contribution < -0.4 is 0 Å². The van der Waals surface area contributed by atoms with Gasteiger partial charge in [0.15, 0.2) is 0 Å². The molecule has 0 N–H and O–H groups in total. The summed E-state index contributed by atoms with van der Waals surface area (Å²) in [4.78, 5) is 0.255. The first-order chi connectivity index (χ1) is 8.43. The van der Waals surface area contributed by atoms with Crippen molar-refractivity contribution in [3.8, 4) is 0 Å². The minimum absolute atomic E-state index is 0.0789. The van der Waals surface area contributed by atoms with Crippen molar-refractivity contribution >= 4 is 10.0 Å². The molecule has 1 aliphatic heterocycles. The standard InChI is InChI=1S/C11H19N3O3S/c1-4-13-8-11(5-12-13)18(15,16)14-6-9(2)17-10(3)7-14/h5,8-10H,4,6-7H2,1-3H3/t9-,10-/m0/s1. The SMILES string of the molecule is CCn1cc(S(=O)(=O)N2C[C@H](C)O[C@@H](C)C2)cn1. The molecule has 7 heteroatoms. The van der Waals surface area contributed by atoms with E-state index in [1.807, 2.05) is 20.8 Å². The van der Waals surface area contributed by atoms with Crippen LogP contribution >= 0.6 is 0 Å². The highest BCUT2D eigenvalue weighted by Crippen LogP contribution is 2.20. The smallest absolute Gasteiger partial charge is 0.246 e. The molecule has 0 amide bonds. The predicted molar refractivity (Wildman–Crippen MR) is 66.7 cm³/mol. The molecule has 0 saturated carbocycles. The molecule has 102 valence electrons. The first-order valence-corrected chi connectivity index (χ1v) is 7.55. The maximum Gasteiger partial charge on any atom is 0.246 e. The van der Waals surface area contributed by atoms with Gasteiger partial charge in [0.2, 0.25) is 10.0 Å². The number of hydrogen-bond acceptors (Lipinski definition) is 4. The third kappa shape index (κ3) is 2.57. The average molecular weight is 273 g/mol. The zero-order chi connectivity index (χ0) is 13.3. The second-order valence-electron chi connectivity index (χ2n) is 4.61. The van der Waals surface area contributed by atoms with Gasteiger partial charge in [-0.1, -0.05) is 0 Å². The molecule has 2 heterocycles. The Morgan fingerprint density at radius 1 is 1.39 bits per heavy atom. The number of hydrogen-bond donors (Lipinski definition) is 0. The van der Waals surface area contributed by atoms with Crippen molar-refractivity contribution in [1.29, 1.82) is 0 Å². The summed E-state index contributed by atoms with van der Waals surface area (Å²) < 4.78 is 33.5. The third-order valence-electron chi connectivity index (χ3n) is 2.96. The quantitative estimate of drug-likeness (QED) is 0.813. The molecule has 2 rings (SSSR count). The van der Waals surface area contributed by atoms with E-state index in [1.54, 1.807) is 10.9 Å². The molecule has 6 nitrogen and oxygen atoms in total. The Hall–Kier alpha value is -0.920. The molecule has 0 spiro atoms. The van der Waals surface area contributed by atoms with Crippen LogP contribution in [0.1, 0.15) is 20.8 Å². The number of morpholine rings is 1. The average Bonchev–Trinajstić information content (AvgIpc) is 2.76. The fourth-order valence-electron chi connectivity index (χ4n) is 2.13. The number of ether oxygens (including phenoxy) is 1. The molecule has 1 aromatic rings. The Kier molecular flexibility index (Phi) is 3.74. The summed E-state index contributed by atoms with van der Waals surface area (Å²) in [6.07, 6.45) is 2.82. The highest BCUT2D eigenvalue weighted by molar-refractivity contribution is 7.89. The number of aromatic nitrogens is 2. The van der Waals surface area contributed by atoms with Gasteiger partial charge in [0.25, 0.3) is 0 Å². The van der Waals surface area contributed by atoms with E-state index in [0.29, 0.717) is 19.6 Å². The maximum absolute atomic E-state index is 12.4. The number of aryl methyl sites for hydroxylation is 1. The van der Waals surface area contributed by atoms with Crippen LogP contribution in [0.5, 0.6) is 0 Å². The fraction of sp³-hybridized carbons (Fsp3) is 0.727. The molecule has 1 aliphatic rings. The van der Waals surface area contributed by atoms with Crippen LogP contribution in [0.25, 0.3) is 0 Å². The lowest BCUT2D eigenvalue weighted by Crippen LogP contribution is -2.48. The second-order valence-corrected chi connectivity index (χ2v) is 6.55. The highest BCUT2D eigenvalue weighted by atomic mass is 32.2. The Balaban J connectivity index is 2.25. The molecule has 0 aliphatic carbocycles. The molecule has 0 unspecified atom stereocenters. The van der Waals surface area contributed by atoms with Gasteiger partial charge in [-0.25, -0.2) is 8.42 Å². The van der Waals surface area contributed by atoms with E-state index >= 15 is 0 Å². The van der Waals surface area contributed by atoms with Gasteiger partial charge >= 0.3 is 0 Å². The van der Waals surface area contributed by atoms with Crippen molar-refractivity contribution in [1.82, 2.24) is 14.1 Å². The molecule has 1 saturated heterocycles. The summed E-state index contributed by atoms with van der Waals surface area (Å²) in [6.45, 7) is 7.13. The summed E-state index contributed by atoms with van der Waals surface area (Å²) in [5.74, 6) is 0. The Morgan fingerprint density at radius 3 is 2.50 bits per heavy atom. The van der Waals surface area contributed by atoms with Crippen LogP contribution in [-0.4, -0.2) is 47.8 Å². The van der Waals surface area contributed by atoms with E-state index in [1.165, 1.54) is 10.5 Å². The highest BCUT2D eigenvalue weighted by Gasteiger charge is 2.32. The van der Waals surface area contributed by atoms with Crippen molar-refractivity contribution < 1.29 is 13.2 Å². The molecule has 2 atom stereocenters. The number of nitrogens with zero attached hydrogens (tertiary/aromatic N) is 3. The van der Waals surface area contributed by atoms with Gasteiger partial charge in [0.05, 0.1) is 18.4 Å². The van der Waals surface area contributed by atoms with Gasteiger partial charge in [-0.15, -0.1) is 0 Å². The lowest BCUT2D eigenvalue weighted by Gasteiger charge is -2.34. The normalized spacial score (nSPS) is 26.4. The van der Waals surface area contributed by atoms with Gasteiger partial charge in [-0.2, -0.15) is 9.40 Å². The fourth-order valence-corrected chi connectivity index (χ4v) is 3.67. The lowest BCUT2D eigenvalue weighted by molar-refractivity contribution is -0.0440. The van der Waals surface area contributed by atoms with Crippen molar-refractivity contribution in [3.63, 3.8) is 0 Å². The molecular weight excluding hydrogens is 254 g/mol. The molecular formula is C11H19N3O3S. The topological polar surface area (TPSA) is 64.4 Å². The summed E-state index contributed by atoms with van der Waals surface area (Å²) in [5.41, 5.74) is 0.